The van der Waals surface area contributed by atoms with Crippen LogP contribution >= 0.6 is 11.6 Å². The van der Waals surface area contributed by atoms with E-state index in [0.717, 1.165) is 29.2 Å². The Hall–Kier alpha value is -0.730. The fourth-order valence-corrected chi connectivity index (χ4v) is 4.31. The molecule has 28 heavy (non-hydrogen) atoms. The molecule has 0 atom stereocenters. The first-order valence-electron chi connectivity index (χ1n) is 11.6. The monoisotopic (exact) mass is 410 g/mol. The SMILES string of the molecule is COc1c(C)cc(CCCCCCCCCCCCCCCCCO)cc1Cl. The summed E-state index contributed by atoms with van der Waals surface area (Å²) < 4.78 is 5.33. The van der Waals surface area contributed by atoms with Gasteiger partial charge in [0.25, 0.3) is 0 Å². The lowest BCUT2D eigenvalue weighted by Gasteiger charge is -2.10. The van der Waals surface area contributed by atoms with Gasteiger partial charge in [-0.05, 0) is 43.4 Å². The van der Waals surface area contributed by atoms with Crippen LogP contribution in [0.4, 0.5) is 0 Å². The zero-order valence-electron chi connectivity index (χ0n) is 18.4. The second-order valence-corrected chi connectivity index (χ2v) is 8.61. The van der Waals surface area contributed by atoms with Gasteiger partial charge in [-0.3, -0.25) is 0 Å². The Morgan fingerprint density at radius 3 is 1.54 bits per heavy atom. The number of unbranched alkanes of at least 4 members (excludes halogenated alkanes) is 14. The summed E-state index contributed by atoms with van der Waals surface area (Å²) in [6.45, 7) is 2.42. The minimum Gasteiger partial charge on any atom is -0.495 e. The maximum Gasteiger partial charge on any atom is 0.140 e. The highest BCUT2D eigenvalue weighted by molar-refractivity contribution is 6.32. The molecule has 0 amide bonds. The molecule has 2 nitrogen and oxygen atoms in total. The predicted molar refractivity (Wildman–Crippen MR) is 123 cm³/mol. The molecule has 0 unspecified atom stereocenters. The topological polar surface area (TPSA) is 29.5 Å². The molecule has 0 aliphatic heterocycles. The van der Waals surface area contributed by atoms with Crippen molar-refractivity contribution in [1.29, 1.82) is 0 Å². The van der Waals surface area contributed by atoms with Crippen LogP contribution in [-0.2, 0) is 6.42 Å². The van der Waals surface area contributed by atoms with E-state index in [9.17, 15) is 0 Å². The van der Waals surface area contributed by atoms with Gasteiger partial charge in [-0.15, -0.1) is 0 Å². The van der Waals surface area contributed by atoms with Crippen LogP contribution in [0.3, 0.4) is 0 Å². The van der Waals surface area contributed by atoms with E-state index in [1.165, 1.54) is 95.5 Å². The van der Waals surface area contributed by atoms with E-state index >= 15 is 0 Å². The molecule has 0 radical (unpaired) electrons. The van der Waals surface area contributed by atoms with Crippen molar-refractivity contribution in [2.45, 2.75) is 110 Å². The Bertz CT molecular complexity index is 478. The molecule has 0 saturated heterocycles. The molecule has 0 fully saturated rings. The summed E-state index contributed by atoms with van der Waals surface area (Å²) in [5.41, 5.74) is 2.46. The summed E-state index contributed by atoms with van der Waals surface area (Å²) in [4.78, 5) is 0. The van der Waals surface area contributed by atoms with Gasteiger partial charge in [0.1, 0.15) is 5.75 Å². The number of aliphatic hydroxyl groups is 1. The zero-order valence-corrected chi connectivity index (χ0v) is 19.2. The van der Waals surface area contributed by atoms with E-state index < -0.39 is 0 Å². The van der Waals surface area contributed by atoms with Crippen molar-refractivity contribution in [3.63, 3.8) is 0 Å². The Kier molecular flexibility index (Phi) is 15.5. The molecular weight excluding hydrogens is 368 g/mol. The van der Waals surface area contributed by atoms with Crippen molar-refractivity contribution in [2.24, 2.45) is 0 Å². The van der Waals surface area contributed by atoms with E-state index in [4.69, 9.17) is 21.4 Å². The van der Waals surface area contributed by atoms with E-state index in [-0.39, 0.29) is 0 Å². The third kappa shape index (κ3) is 12.0. The second-order valence-electron chi connectivity index (χ2n) is 8.20. The third-order valence-electron chi connectivity index (χ3n) is 5.62. The summed E-state index contributed by atoms with van der Waals surface area (Å²) >= 11 is 6.28. The maximum atomic E-state index is 8.74. The van der Waals surface area contributed by atoms with Gasteiger partial charge in [0.15, 0.2) is 0 Å². The number of ether oxygens (including phenoxy) is 1. The second kappa shape index (κ2) is 17.2. The molecular formula is C25H43ClO2. The lowest BCUT2D eigenvalue weighted by atomic mass is 10.0. The number of methoxy groups -OCH3 is 1. The molecule has 0 bridgehead atoms. The van der Waals surface area contributed by atoms with Gasteiger partial charge in [-0.2, -0.15) is 0 Å². The predicted octanol–water partition coefficient (Wildman–Crippen LogP) is 8.04. The van der Waals surface area contributed by atoms with Gasteiger partial charge in [0, 0.05) is 6.61 Å². The average molecular weight is 411 g/mol. The Labute approximate surface area is 179 Å². The van der Waals surface area contributed by atoms with Crippen LogP contribution in [0.25, 0.3) is 0 Å². The maximum absolute atomic E-state index is 8.74. The van der Waals surface area contributed by atoms with Crippen molar-refractivity contribution in [1.82, 2.24) is 0 Å². The number of halogens is 1. The molecule has 1 N–H and O–H groups in total. The largest absolute Gasteiger partial charge is 0.495 e. The van der Waals surface area contributed by atoms with Crippen LogP contribution in [0.2, 0.25) is 5.02 Å². The van der Waals surface area contributed by atoms with Crippen LogP contribution < -0.4 is 4.74 Å². The number of aryl methyl sites for hydroxylation is 2. The summed E-state index contributed by atoms with van der Waals surface area (Å²) in [5.74, 6) is 0.809. The van der Waals surface area contributed by atoms with Crippen molar-refractivity contribution in [3.8, 4) is 5.75 Å². The first-order valence-corrected chi connectivity index (χ1v) is 12.0. The third-order valence-corrected chi connectivity index (χ3v) is 5.90. The summed E-state index contributed by atoms with van der Waals surface area (Å²) in [5, 5.41) is 9.48. The summed E-state index contributed by atoms with van der Waals surface area (Å²) in [6, 6.07) is 4.27. The Morgan fingerprint density at radius 2 is 1.14 bits per heavy atom. The zero-order chi connectivity index (χ0) is 20.5. The molecule has 0 aromatic heterocycles. The molecule has 0 aliphatic carbocycles. The molecule has 0 saturated carbocycles. The van der Waals surface area contributed by atoms with Crippen LogP contribution in [0.5, 0.6) is 5.75 Å². The Balaban J connectivity index is 1.88. The molecule has 1 aromatic carbocycles. The van der Waals surface area contributed by atoms with Crippen molar-refractivity contribution >= 4 is 11.6 Å². The van der Waals surface area contributed by atoms with Gasteiger partial charge < -0.3 is 9.84 Å². The fraction of sp³-hybridized carbons (Fsp3) is 0.760. The van der Waals surface area contributed by atoms with Crippen LogP contribution in [0, 0.1) is 6.92 Å². The van der Waals surface area contributed by atoms with E-state index in [2.05, 4.69) is 19.1 Å². The number of hydrogen-bond acceptors (Lipinski definition) is 2. The first kappa shape index (κ1) is 25.3. The Morgan fingerprint density at radius 1 is 0.714 bits per heavy atom. The standard InChI is InChI=1S/C25H43ClO2/c1-22-20-23(21-24(26)25(22)28-2)18-16-14-12-10-8-6-4-3-5-7-9-11-13-15-17-19-27/h20-21,27H,3-19H2,1-2H3. The summed E-state index contributed by atoms with van der Waals surface area (Å²) in [6.07, 6.45) is 21.1. The van der Waals surface area contributed by atoms with Crippen molar-refractivity contribution in [2.75, 3.05) is 13.7 Å². The van der Waals surface area contributed by atoms with Crippen molar-refractivity contribution < 1.29 is 9.84 Å². The molecule has 0 spiro atoms. The van der Waals surface area contributed by atoms with E-state index in [1.807, 2.05) is 0 Å². The minimum absolute atomic E-state index is 0.358. The number of rotatable bonds is 18. The van der Waals surface area contributed by atoms with Crippen LogP contribution in [-0.4, -0.2) is 18.8 Å². The van der Waals surface area contributed by atoms with E-state index in [0.29, 0.717) is 6.61 Å². The quantitative estimate of drug-likeness (QED) is 0.248. The molecule has 1 rings (SSSR count). The molecule has 0 heterocycles. The number of benzene rings is 1. The van der Waals surface area contributed by atoms with Gasteiger partial charge >= 0.3 is 0 Å². The van der Waals surface area contributed by atoms with Gasteiger partial charge in [0.2, 0.25) is 0 Å². The minimum atomic E-state index is 0.358. The normalized spacial score (nSPS) is 11.1. The van der Waals surface area contributed by atoms with Gasteiger partial charge in [0.05, 0.1) is 12.1 Å². The molecule has 1 aromatic rings. The van der Waals surface area contributed by atoms with Crippen molar-refractivity contribution in [3.05, 3.63) is 28.3 Å². The first-order chi connectivity index (χ1) is 13.7. The van der Waals surface area contributed by atoms with Crippen LogP contribution in [0.15, 0.2) is 12.1 Å². The molecule has 3 heteroatoms. The molecule has 0 aliphatic rings. The lowest BCUT2D eigenvalue weighted by molar-refractivity contribution is 0.282. The highest BCUT2D eigenvalue weighted by Gasteiger charge is 2.06. The molecule has 162 valence electrons. The van der Waals surface area contributed by atoms with Gasteiger partial charge in [-0.1, -0.05) is 101 Å². The lowest BCUT2D eigenvalue weighted by Crippen LogP contribution is -1.93. The highest BCUT2D eigenvalue weighted by atomic mass is 35.5. The van der Waals surface area contributed by atoms with Gasteiger partial charge in [-0.25, -0.2) is 0 Å². The smallest absolute Gasteiger partial charge is 0.140 e. The van der Waals surface area contributed by atoms with Crippen LogP contribution in [0.1, 0.15) is 107 Å². The fourth-order valence-electron chi connectivity index (χ4n) is 3.94. The highest BCUT2D eigenvalue weighted by Crippen LogP contribution is 2.30. The number of aliphatic hydroxyl groups excluding tert-OH is 1. The summed E-state index contributed by atoms with van der Waals surface area (Å²) in [7, 11) is 1.68. The van der Waals surface area contributed by atoms with E-state index in [1.54, 1.807) is 7.11 Å². The number of hydrogen-bond donors (Lipinski definition) is 1. The average Bonchev–Trinajstić information content (AvgIpc) is 2.67.